The Kier molecular flexibility index (Phi) is 3.67. The molecule has 1 fully saturated rings. The molecule has 0 amide bonds. The number of hydrogen-bond acceptors (Lipinski definition) is 3. The van der Waals surface area contributed by atoms with Crippen molar-refractivity contribution in [3.63, 3.8) is 0 Å². The molecule has 1 aromatic rings. The molecule has 0 saturated carbocycles. The Morgan fingerprint density at radius 2 is 2.31 bits per heavy atom. The lowest BCUT2D eigenvalue weighted by Crippen LogP contribution is -2.25. The van der Waals surface area contributed by atoms with Crippen molar-refractivity contribution >= 4 is 5.69 Å². The van der Waals surface area contributed by atoms with Crippen LogP contribution in [0.15, 0.2) is 18.2 Å². The highest BCUT2D eigenvalue weighted by molar-refractivity contribution is 5.53. The molecule has 0 aromatic heterocycles. The number of hydrogen-bond donors (Lipinski definition) is 1. The molecule has 2 N–H and O–H groups in total. The lowest BCUT2D eigenvalue weighted by Gasteiger charge is -2.23. The predicted molar refractivity (Wildman–Crippen MR) is 64.7 cm³/mol. The number of anilines is 1. The molecular weight excluding hydrogens is 202 g/mol. The first kappa shape index (κ1) is 11.3. The molecule has 1 atom stereocenters. The van der Waals surface area contributed by atoms with Gasteiger partial charge in [-0.05, 0) is 43.9 Å². The van der Waals surface area contributed by atoms with Crippen LogP contribution in [0.25, 0.3) is 0 Å². The third-order valence-corrected chi connectivity index (χ3v) is 2.86. The third-order valence-electron chi connectivity index (χ3n) is 2.86. The van der Waals surface area contributed by atoms with E-state index in [1.54, 1.807) is 0 Å². The number of ether oxygens (including phenoxy) is 2. The van der Waals surface area contributed by atoms with Crippen LogP contribution in [0.5, 0.6) is 5.75 Å². The van der Waals surface area contributed by atoms with E-state index in [4.69, 9.17) is 15.2 Å². The summed E-state index contributed by atoms with van der Waals surface area (Å²) in [4.78, 5) is 0. The monoisotopic (exact) mass is 221 g/mol. The van der Waals surface area contributed by atoms with Gasteiger partial charge in [0.15, 0.2) is 0 Å². The van der Waals surface area contributed by atoms with E-state index in [9.17, 15) is 0 Å². The second-order valence-corrected chi connectivity index (χ2v) is 4.34. The molecule has 1 aromatic carbocycles. The smallest absolute Gasteiger partial charge is 0.142 e. The first-order valence-electron chi connectivity index (χ1n) is 5.86. The lowest BCUT2D eigenvalue weighted by atomic mass is 10.1. The minimum absolute atomic E-state index is 0.231. The van der Waals surface area contributed by atoms with E-state index in [1.165, 1.54) is 12.8 Å². The van der Waals surface area contributed by atoms with E-state index in [-0.39, 0.29) is 6.10 Å². The van der Waals surface area contributed by atoms with Gasteiger partial charge in [0.05, 0.1) is 11.8 Å². The maximum absolute atomic E-state index is 5.87. The summed E-state index contributed by atoms with van der Waals surface area (Å²) in [6, 6.07) is 5.86. The Hall–Kier alpha value is -1.22. The first-order valence-corrected chi connectivity index (χ1v) is 5.86. The van der Waals surface area contributed by atoms with Crippen molar-refractivity contribution in [2.75, 3.05) is 18.9 Å². The van der Waals surface area contributed by atoms with Crippen LogP contribution in [0.4, 0.5) is 5.69 Å². The van der Waals surface area contributed by atoms with Crippen LogP contribution in [-0.4, -0.2) is 19.3 Å². The zero-order valence-electron chi connectivity index (χ0n) is 9.74. The van der Waals surface area contributed by atoms with Crippen LogP contribution in [0, 0.1) is 6.92 Å². The molecule has 0 spiro atoms. The Labute approximate surface area is 96.5 Å². The topological polar surface area (TPSA) is 44.5 Å². The third kappa shape index (κ3) is 2.89. The van der Waals surface area contributed by atoms with E-state index in [0.717, 1.165) is 24.3 Å². The van der Waals surface area contributed by atoms with Crippen LogP contribution in [-0.2, 0) is 4.74 Å². The fourth-order valence-electron chi connectivity index (χ4n) is 1.92. The molecular formula is C13H19NO2. The maximum Gasteiger partial charge on any atom is 0.142 e. The highest BCUT2D eigenvalue weighted by Gasteiger charge is 2.14. The van der Waals surface area contributed by atoms with Crippen molar-refractivity contribution in [1.29, 1.82) is 0 Å². The molecule has 0 unspecified atom stereocenters. The quantitative estimate of drug-likeness (QED) is 0.798. The molecule has 1 heterocycles. The van der Waals surface area contributed by atoms with Crippen molar-refractivity contribution < 1.29 is 9.47 Å². The Bertz CT molecular complexity index is 346. The second kappa shape index (κ2) is 5.21. The van der Waals surface area contributed by atoms with E-state index in [0.29, 0.717) is 12.3 Å². The largest absolute Gasteiger partial charge is 0.489 e. The van der Waals surface area contributed by atoms with Gasteiger partial charge in [-0.3, -0.25) is 0 Å². The van der Waals surface area contributed by atoms with Gasteiger partial charge in [-0.1, -0.05) is 6.07 Å². The van der Waals surface area contributed by atoms with E-state index in [1.807, 2.05) is 25.1 Å². The lowest BCUT2D eigenvalue weighted by molar-refractivity contribution is -0.0109. The summed E-state index contributed by atoms with van der Waals surface area (Å²) in [5.74, 6) is 0.764. The molecule has 1 aliphatic rings. The van der Waals surface area contributed by atoms with Crippen LogP contribution in [0.3, 0.4) is 0 Å². The Morgan fingerprint density at radius 1 is 1.44 bits per heavy atom. The van der Waals surface area contributed by atoms with Crippen molar-refractivity contribution in [2.45, 2.75) is 32.3 Å². The van der Waals surface area contributed by atoms with E-state index < -0.39 is 0 Å². The van der Waals surface area contributed by atoms with Crippen molar-refractivity contribution in [3.05, 3.63) is 23.8 Å². The highest BCUT2D eigenvalue weighted by atomic mass is 16.5. The molecule has 88 valence electrons. The molecule has 0 aliphatic carbocycles. The maximum atomic E-state index is 5.87. The van der Waals surface area contributed by atoms with Gasteiger partial charge in [0.25, 0.3) is 0 Å². The molecule has 1 aliphatic heterocycles. The van der Waals surface area contributed by atoms with Crippen molar-refractivity contribution in [1.82, 2.24) is 0 Å². The number of aryl methyl sites for hydroxylation is 1. The van der Waals surface area contributed by atoms with Crippen LogP contribution >= 0.6 is 0 Å². The second-order valence-electron chi connectivity index (χ2n) is 4.34. The number of nitrogen functional groups attached to an aromatic ring is 1. The zero-order chi connectivity index (χ0) is 11.4. The van der Waals surface area contributed by atoms with Gasteiger partial charge in [0.2, 0.25) is 0 Å². The summed E-state index contributed by atoms with van der Waals surface area (Å²) >= 11 is 0. The molecule has 0 bridgehead atoms. The van der Waals surface area contributed by atoms with Gasteiger partial charge in [0, 0.05) is 6.61 Å². The van der Waals surface area contributed by atoms with Gasteiger partial charge >= 0.3 is 0 Å². The molecule has 16 heavy (non-hydrogen) atoms. The number of benzene rings is 1. The predicted octanol–water partition coefficient (Wildman–Crippen LogP) is 2.53. The summed E-state index contributed by atoms with van der Waals surface area (Å²) in [5, 5.41) is 0. The molecule has 1 saturated heterocycles. The average molecular weight is 221 g/mol. The van der Waals surface area contributed by atoms with Gasteiger partial charge < -0.3 is 15.2 Å². The van der Waals surface area contributed by atoms with Gasteiger partial charge in [-0.2, -0.15) is 0 Å². The number of rotatable bonds is 3. The SMILES string of the molecule is Cc1ccc(OC[C@H]2CCCCO2)c(N)c1. The standard InChI is InChI=1S/C13H19NO2/c1-10-5-6-13(12(14)8-10)16-9-11-4-2-3-7-15-11/h5-6,8,11H,2-4,7,9,14H2,1H3/t11-/m1/s1. The fraction of sp³-hybridized carbons (Fsp3) is 0.538. The van der Waals surface area contributed by atoms with E-state index >= 15 is 0 Å². The van der Waals surface area contributed by atoms with Gasteiger partial charge in [-0.25, -0.2) is 0 Å². The molecule has 3 heteroatoms. The fourth-order valence-corrected chi connectivity index (χ4v) is 1.92. The summed E-state index contributed by atoms with van der Waals surface area (Å²) in [6.07, 6.45) is 3.72. The molecule has 0 radical (unpaired) electrons. The van der Waals surface area contributed by atoms with Crippen LogP contribution < -0.4 is 10.5 Å². The highest BCUT2D eigenvalue weighted by Crippen LogP contribution is 2.23. The summed E-state index contributed by atoms with van der Waals surface area (Å²) in [7, 11) is 0. The van der Waals surface area contributed by atoms with Crippen molar-refractivity contribution in [3.8, 4) is 5.75 Å². The van der Waals surface area contributed by atoms with Crippen molar-refractivity contribution in [2.24, 2.45) is 0 Å². The minimum Gasteiger partial charge on any atom is -0.489 e. The first-order chi connectivity index (χ1) is 7.75. The summed E-state index contributed by atoms with van der Waals surface area (Å²) in [5.41, 5.74) is 7.73. The zero-order valence-corrected chi connectivity index (χ0v) is 9.74. The summed E-state index contributed by atoms with van der Waals surface area (Å²) < 4.78 is 11.3. The normalized spacial score (nSPS) is 20.7. The Balaban J connectivity index is 1.88. The molecule has 2 rings (SSSR count). The summed E-state index contributed by atoms with van der Waals surface area (Å²) in [6.45, 7) is 3.48. The Morgan fingerprint density at radius 3 is 3.00 bits per heavy atom. The van der Waals surface area contributed by atoms with Gasteiger partial charge in [-0.15, -0.1) is 0 Å². The number of nitrogens with two attached hydrogens (primary N) is 1. The van der Waals surface area contributed by atoms with Gasteiger partial charge in [0.1, 0.15) is 12.4 Å². The van der Waals surface area contributed by atoms with Crippen LogP contribution in [0.2, 0.25) is 0 Å². The molecule has 3 nitrogen and oxygen atoms in total. The average Bonchev–Trinajstić information content (AvgIpc) is 2.29. The minimum atomic E-state index is 0.231. The van der Waals surface area contributed by atoms with E-state index in [2.05, 4.69) is 0 Å². The van der Waals surface area contributed by atoms with Crippen LogP contribution in [0.1, 0.15) is 24.8 Å².